The number of nitrogens with one attached hydrogen (secondary N) is 1. The molecule has 0 radical (unpaired) electrons. The predicted molar refractivity (Wildman–Crippen MR) is 76.9 cm³/mol. The van der Waals surface area contributed by atoms with Gasteiger partial charge in [-0.1, -0.05) is 13.8 Å². The molecule has 102 valence electrons. The van der Waals surface area contributed by atoms with Crippen molar-refractivity contribution in [1.29, 1.82) is 0 Å². The highest BCUT2D eigenvalue weighted by molar-refractivity contribution is 7.81. The summed E-state index contributed by atoms with van der Waals surface area (Å²) in [6, 6.07) is 2.06. The predicted octanol–water partition coefficient (Wildman–Crippen LogP) is 1.96. The van der Waals surface area contributed by atoms with Gasteiger partial charge in [0, 0.05) is 18.8 Å². The van der Waals surface area contributed by atoms with E-state index in [0.29, 0.717) is 6.54 Å². The summed E-state index contributed by atoms with van der Waals surface area (Å²) in [5.41, 5.74) is 2.19. The number of carbonyl (C=O) groups is 1. The van der Waals surface area contributed by atoms with Gasteiger partial charge in [-0.15, -0.1) is 0 Å². The number of aryl methyl sites for hydroxylation is 3. The second kappa shape index (κ2) is 6.83. The Morgan fingerprint density at radius 2 is 2.17 bits per heavy atom. The highest BCUT2D eigenvalue weighted by Gasteiger charge is 2.16. The average Bonchev–Trinajstić information content (AvgIpc) is 2.62. The van der Waals surface area contributed by atoms with Crippen molar-refractivity contribution < 1.29 is 4.79 Å². The van der Waals surface area contributed by atoms with Gasteiger partial charge in [0.25, 0.3) is 0 Å². The van der Waals surface area contributed by atoms with Crippen molar-refractivity contribution in [1.82, 2.24) is 15.1 Å². The Morgan fingerprint density at radius 3 is 2.67 bits per heavy atom. The first-order valence-corrected chi connectivity index (χ1v) is 6.90. The smallest absolute Gasteiger partial charge is 0.233 e. The molecule has 1 heterocycles. The fraction of sp³-hybridized carbons (Fsp3) is 0.692. The summed E-state index contributed by atoms with van der Waals surface area (Å²) in [5.74, 6) is 0.269. The Hall–Kier alpha value is -0.970. The molecule has 1 aromatic rings. The van der Waals surface area contributed by atoms with Gasteiger partial charge < -0.3 is 5.32 Å². The minimum absolute atomic E-state index is 0.0155. The number of nitrogens with zero attached hydrogens (tertiary/aromatic N) is 2. The van der Waals surface area contributed by atoms with Gasteiger partial charge in [0.2, 0.25) is 5.91 Å². The summed E-state index contributed by atoms with van der Waals surface area (Å²) in [4.78, 5) is 11.7. The standard InChI is InChI=1S/C13H23N3OS/c1-9(2)12(18)13(17)14-6-5-7-16-11(4)8-10(3)15-16/h8-9,12,18H,5-7H2,1-4H3,(H,14,17). The highest BCUT2D eigenvalue weighted by Crippen LogP contribution is 2.08. The fourth-order valence-electron chi connectivity index (χ4n) is 1.75. The summed E-state index contributed by atoms with van der Waals surface area (Å²) in [5, 5.41) is 7.06. The molecule has 1 aromatic heterocycles. The molecule has 0 aliphatic rings. The Balaban J connectivity index is 2.27. The molecule has 0 aromatic carbocycles. The molecule has 18 heavy (non-hydrogen) atoms. The lowest BCUT2D eigenvalue weighted by Gasteiger charge is -2.14. The van der Waals surface area contributed by atoms with Crippen LogP contribution in [-0.2, 0) is 11.3 Å². The van der Waals surface area contributed by atoms with Gasteiger partial charge in [0.1, 0.15) is 0 Å². The van der Waals surface area contributed by atoms with E-state index in [1.807, 2.05) is 32.4 Å². The first-order chi connectivity index (χ1) is 8.41. The van der Waals surface area contributed by atoms with Crippen LogP contribution in [0.25, 0.3) is 0 Å². The molecule has 0 spiro atoms. The highest BCUT2D eigenvalue weighted by atomic mass is 32.1. The van der Waals surface area contributed by atoms with Crippen molar-refractivity contribution in [2.75, 3.05) is 6.54 Å². The number of thiol groups is 1. The molecular weight excluding hydrogens is 246 g/mol. The lowest BCUT2D eigenvalue weighted by atomic mass is 10.1. The molecule has 1 unspecified atom stereocenters. The van der Waals surface area contributed by atoms with E-state index < -0.39 is 0 Å². The van der Waals surface area contributed by atoms with Gasteiger partial charge in [-0.05, 0) is 32.3 Å². The molecule has 4 nitrogen and oxygen atoms in total. The molecule has 0 aliphatic heterocycles. The van der Waals surface area contributed by atoms with Crippen LogP contribution in [0, 0.1) is 19.8 Å². The maximum absolute atomic E-state index is 11.7. The second-order valence-electron chi connectivity index (χ2n) is 4.98. The topological polar surface area (TPSA) is 46.9 Å². The molecular formula is C13H23N3OS. The first-order valence-electron chi connectivity index (χ1n) is 6.38. The van der Waals surface area contributed by atoms with Crippen LogP contribution >= 0.6 is 12.6 Å². The quantitative estimate of drug-likeness (QED) is 0.612. The van der Waals surface area contributed by atoms with Crippen LogP contribution in [-0.4, -0.2) is 27.5 Å². The van der Waals surface area contributed by atoms with Crippen molar-refractivity contribution in [3.05, 3.63) is 17.5 Å². The molecule has 5 heteroatoms. The van der Waals surface area contributed by atoms with E-state index in [0.717, 1.165) is 24.4 Å². The number of hydrogen-bond acceptors (Lipinski definition) is 3. The second-order valence-corrected chi connectivity index (χ2v) is 5.54. The van der Waals surface area contributed by atoms with Crippen molar-refractivity contribution in [2.24, 2.45) is 5.92 Å². The third-order valence-electron chi connectivity index (χ3n) is 2.85. The SMILES string of the molecule is Cc1cc(C)n(CCCNC(=O)C(S)C(C)C)n1. The number of aromatic nitrogens is 2. The molecule has 0 aliphatic carbocycles. The van der Waals surface area contributed by atoms with Crippen LogP contribution in [0.2, 0.25) is 0 Å². The monoisotopic (exact) mass is 269 g/mol. The van der Waals surface area contributed by atoms with Crippen molar-refractivity contribution in [3.8, 4) is 0 Å². The zero-order valence-corrected chi connectivity index (χ0v) is 12.5. The number of amides is 1. The Labute approximate surface area is 115 Å². The van der Waals surface area contributed by atoms with Crippen LogP contribution in [0.4, 0.5) is 0 Å². The Bertz CT molecular complexity index is 401. The van der Waals surface area contributed by atoms with Crippen molar-refractivity contribution >= 4 is 18.5 Å². The zero-order chi connectivity index (χ0) is 13.7. The van der Waals surface area contributed by atoms with E-state index in [2.05, 4.69) is 29.1 Å². The third-order valence-corrected chi connectivity index (χ3v) is 3.68. The minimum Gasteiger partial charge on any atom is -0.355 e. The summed E-state index contributed by atoms with van der Waals surface area (Å²) in [6.45, 7) is 9.51. The Kier molecular flexibility index (Phi) is 5.72. The van der Waals surface area contributed by atoms with E-state index in [-0.39, 0.29) is 17.1 Å². The summed E-state index contributed by atoms with van der Waals surface area (Å²) >= 11 is 4.28. The van der Waals surface area contributed by atoms with Gasteiger partial charge >= 0.3 is 0 Å². The van der Waals surface area contributed by atoms with Gasteiger partial charge in [0.05, 0.1) is 10.9 Å². The maximum atomic E-state index is 11.7. The van der Waals surface area contributed by atoms with E-state index in [1.165, 1.54) is 0 Å². The lowest BCUT2D eigenvalue weighted by Crippen LogP contribution is -2.35. The lowest BCUT2D eigenvalue weighted by molar-refractivity contribution is -0.121. The number of rotatable bonds is 6. The number of carbonyl (C=O) groups excluding carboxylic acids is 1. The summed E-state index contributed by atoms with van der Waals surface area (Å²) in [7, 11) is 0. The molecule has 1 amide bonds. The van der Waals surface area contributed by atoms with Gasteiger partial charge in [-0.25, -0.2) is 0 Å². The van der Waals surface area contributed by atoms with Gasteiger partial charge in [-0.3, -0.25) is 9.48 Å². The van der Waals surface area contributed by atoms with Crippen LogP contribution in [0.15, 0.2) is 6.07 Å². The van der Waals surface area contributed by atoms with Gasteiger partial charge in [-0.2, -0.15) is 17.7 Å². The third kappa shape index (κ3) is 4.37. The summed E-state index contributed by atoms with van der Waals surface area (Å²) < 4.78 is 1.97. The van der Waals surface area contributed by atoms with Gasteiger partial charge in [0.15, 0.2) is 0 Å². The molecule has 1 atom stereocenters. The average molecular weight is 269 g/mol. The van der Waals surface area contributed by atoms with Crippen LogP contribution in [0.3, 0.4) is 0 Å². The largest absolute Gasteiger partial charge is 0.355 e. The molecule has 1 rings (SSSR count). The number of hydrogen-bond donors (Lipinski definition) is 2. The van der Waals surface area contributed by atoms with E-state index in [4.69, 9.17) is 0 Å². The minimum atomic E-state index is -0.223. The van der Waals surface area contributed by atoms with E-state index in [1.54, 1.807) is 0 Å². The summed E-state index contributed by atoms with van der Waals surface area (Å²) in [6.07, 6.45) is 0.881. The van der Waals surface area contributed by atoms with Crippen LogP contribution in [0.1, 0.15) is 31.7 Å². The normalized spacial score (nSPS) is 12.8. The maximum Gasteiger partial charge on any atom is 0.233 e. The first kappa shape index (κ1) is 15.1. The molecule has 0 saturated carbocycles. The van der Waals surface area contributed by atoms with Crippen molar-refractivity contribution in [3.63, 3.8) is 0 Å². The van der Waals surface area contributed by atoms with E-state index >= 15 is 0 Å². The fourth-order valence-corrected chi connectivity index (χ4v) is 1.84. The molecule has 1 N–H and O–H groups in total. The van der Waals surface area contributed by atoms with Crippen LogP contribution in [0.5, 0.6) is 0 Å². The Morgan fingerprint density at radius 1 is 1.50 bits per heavy atom. The molecule has 0 fully saturated rings. The van der Waals surface area contributed by atoms with E-state index in [9.17, 15) is 4.79 Å². The zero-order valence-electron chi connectivity index (χ0n) is 11.6. The van der Waals surface area contributed by atoms with Crippen molar-refractivity contribution in [2.45, 2.75) is 45.9 Å². The molecule has 0 saturated heterocycles. The van der Waals surface area contributed by atoms with Crippen LogP contribution < -0.4 is 5.32 Å². The molecule has 0 bridgehead atoms.